The molecule has 1 aromatic rings. The molecule has 0 spiro atoms. The molecule has 2 unspecified atom stereocenters. The number of benzene rings is 1. The Morgan fingerprint density at radius 3 is 2.83 bits per heavy atom. The van der Waals surface area contributed by atoms with Crippen LogP contribution in [0.1, 0.15) is 51.0 Å². The monoisotopic (exact) mass is 400 g/mol. The number of carbonyl (C=O) groups is 1. The third kappa shape index (κ3) is 2.88. The van der Waals surface area contributed by atoms with Crippen LogP contribution in [0.25, 0.3) is 0 Å². The molecular formula is C24H33FN2O2. The molecule has 6 rings (SSSR count). The zero-order chi connectivity index (χ0) is 20.1. The Hall–Kier alpha value is -1.46. The minimum Gasteiger partial charge on any atom is -0.381 e. The Bertz CT molecular complexity index is 773. The predicted molar refractivity (Wildman–Crippen MR) is 110 cm³/mol. The molecule has 5 fully saturated rings. The highest BCUT2D eigenvalue weighted by atomic mass is 19.1. The van der Waals surface area contributed by atoms with Gasteiger partial charge in [-0.05, 0) is 68.9 Å². The first-order chi connectivity index (χ1) is 14.0. The normalized spacial score (nSPS) is 42.9. The molecule has 0 aromatic heterocycles. The van der Waals surface area contributed by atoms with Gasteiger partial charge in [0.1, 0.15) is 6.17 Å². The van der Waals surface area contributed by atoms with Crippen LogP contribution in [0, 0.1) is 16.7 Å². The minimum absolute atomic E-state index is 0.0557. The van der Waals surface area contributed by atoms with E-state index >= 15 is 0 Å². The van der Waals surface area contributed by atoms with Crippen molar-refractivity contribution in [3.63, 3.8) is 0 Å². The summed E-state index contributed by atoms with van der Waals surface area (Å²) < 4.78 is 20.5. The number of amides is 1. The van der Waals surface area contributed by atoms with Crippen molar-refractivity contribution in [2.75, 3.05) is 26.3 Å². The van der Waals surface area contributed by atoms with Crippen molar-refractivity contribution in [2.45, 2.75) is 63.1 Å². The lowest BCUT2D eigenvalue weighted by Crippen LogP contribution is -2.56. The van der Waals surface area contributed by atoms with Gasteiger partial charge >= 0.3 is 0 Å². The van der Waals surface area contributed by atoms with Crippen LogP contribution in [-0.4, -0.2) is 44.4 Å². The fraction of sp³-hybridized carbons (Fsp3) is 0.708. The van der Waals surface area contributed by atoms with E-state index in [1.807, 2.05) is 6.92 Å². The van der Waals surface area contributed by atoms with Crippen LogP contribution >= 0.6 is 0 Å². The van der Waals surface area contributed by atoms with E-state index < -0.39 is 11.6 Å². The molecule has 6 atom stereocenters. The molecule has 29 heavy (non-hydrogen) atoms. The van der Waals surface area contributed by atoms with Crippen molar-refractivity contribution in [3.05, 3.63) is 35.9 Å². The fourth-order valence-electron chi connectivity index (χ4n) is 7.52. The highest BCUT2D eigenvalue weighted by Crippen LogP contribution is 2.76. The third-order valence-corrected chi connectivity index (χ3v) is 8.46. The minimum atomic E-state index is -1.01. The summed E-state index contributed by atoms with van der Waals surface area (Å²) in [6.07, 6.45) is 4.71. The summed E-state index contributed by atoms with van der Waals surface area (Å²) in [7, 11) is 0. The first kappa shape index (κ1) is 19.5. The predicted octanol–water partition coefficient (Wildman–Crippen LogP) is 3.36. The third-order valence-electron chi connectivity index (χ3n) is 8.46. The van der Waals surface area contributed by atoms with Crippen LogP contribution in [0.3, 0.4) is 0 Å². The molecule has 4 saturated carbocycles. The second kappa shape index (κ2) is 7.05. The highest BCUT2D eigenvalue weighted by molar-refractivity contribution is 5.86. The maximum absolute atomic E-state index is 14.5. The zero-order valence-electron chi connectivity index (χ0n) is 17.4. The van der Waals surface area contributed by atoms with Gasteiger partial charge in [0.25, 0.3) is 0 Å². The van der Waals surface area contributed by atoms with E-state index in [1.54, 1.807) is 0 Å². The van der Waals surface area contributed by atoms with Gasteiger partial charge in [-0.25, -0.2) is 4.39 Å². The van der Waals surface area contributed by atoms with Crippen molar-refractivity contribution in [2.24, 2.45) is 16.7 Å². The molecule has 0 radical (unpaired) electrons. The van der Waals surface area contributed by atoms with Crippen molar-refractivity contribution < 1.29 is 13.9 Å². The standard InChI is InChI=1S/C24H33FN2O2/c1-2-29-16-23-11-17-10-22(14-23,18-6-4-3-5-7-18)15-24(23,12-17)21(28)27-20-8-9-26-13-19(20)25/h3-7,17,19-20,26H,2,8-16H2,1H3,(H,27,28)/t17?,19-,20+,22+,23+,24?/m0/s1. The van der Waals surface area contributed by atoms with Gasteiger partial charge in [-0.2, -0.15) is 0 Å². The summed E-state index contributed by atoms with van der Waals surface area (Å²) in [6, 6.07) is 10.4. The largest absolute Gasteiger partial charge is 0.381 e. The first-order valence-corrected chi connectivity index (χ1v) is 11.3. The van der Waals surface area contributed by atoms with E-state index in [0.717, 1.165) is 32.2 Å². The molecule has 1 amide bonds. The second-order valence-corrected chi connectivity index (χ2v) is 10.1. The molecule has 2 N–H and O–H groups in total. The summed E-state index contributed by atoms with van der Waals surface area (Å²) in [5.74, 6) is 0.643. The van der Waals surface area contributed by atoms with Crippen molar-refractivity contribution >= 4 is 5.91 Å². The van der Waals surface area contributed by atoms with Gasteiger partial charge in [0, 0.05) is 18.6 Å². The summed E-state index contributed by atoms with van der Waals surface area (Å²) in [6.45, 7) is 4.44. The Kier molecular flexibility index (Phi) is 4.74. The van der Waals surface area contributed by atoms with Gasteiger partial charge in [-0.1, -0.05) is 30.3 Å². The molecule has 1 heterocycles. The van der Waals surface area contributed by atoms with Crippen LogP contribution in [0.15, 0.2) is 30.3 Å². The van der Waals surface area contributed by atoms with E-state index in [9.17, 15) is 9.18 Å². The molecule has 1 aromatic carbocycles. The number of rotatable bonds is 6. The number of nitrogens with one attached hydrogen (secondary N) is 2. The summed E-state index contributed by atoms with van der Waals surface area (Å²) in [5, 5.41) is 6.26. The lowest BCUT2D eigenvalue weighted by atomic mass is 9.63. The van der Waals surface area contributed by atoms with Gasteiger partial charge in [0.05, 0.1) is 18.1 Å². The molecule has 4 bridgehead atoms. The molecule has 4 nitrogen and oxygen atoms in total. The second-order valence-electron chi connectivity index (χ2n) is 10.1. The summed E-state index contributed by atoms with van der Waals surface area (Å²) >= 11 is 0. The van der Waals surface area contributed by atoms with E-state index in [2.05, 4.69) is 41.0 Å². The molecule has 1 saturated heterocycles. The number of hydrogen-bond acceptors (Lipinski definition) is 3. The maximum atomic E-state index is 14.5. The fourth-order valence-corrected chi connectivity index (χ4v) is 7.52. The van der Waals surface area contributed by atoms with Gasteiger partial charge in [-0.15, -0.1) is 0 Å². The summed E-state index contributed by atoms with van der Waals surface area (Å²) in [5.41, 5.74) is 0.876. The molecule has 5 heteroatoms. The number of carbonyl (C=O) groups excluding carboxylic acids is 1. The van der Waals surface area contributed by atoms with Gasteiger partial charge in [0.2, 0.25) is 5.91 Å². The first-order valence-electron chi connectivity index (χ1n) is 11.3. The quantitative estimate of drug-likeness (QED) is 0.770. The van der Waals surface area contributed by atoms with Crippen molar-refractivity contribution in [1.29, 1.82) is 0 Å². The van der Waals surface area contributed by atoms with Crippen molar-refractivity contribution in [1.82, 2.24) is 10.6 Å². The molecule has 5 aliphatic rings. The number of piperidine rings is 1. The Morgan fingerprint density at radius 2 is 2.07 bits per heavy atom. The Balaban J connectivity index is 1.49. The lowest BCUT2D eigenvalue weighted by molar-refractivity contribution is -0.140. The number of ether oxygens (including phenoxy) is 1. The van der Waals surface area contributed by atoms with E-state index in [-0.39, 0.29) is 22.8 Å². The van der Waals surface area contributed by atoms with Gasteiger partial charge in [-0.3, -0.25) is 4.79 Å². The van der Waals surface area contributed by atoms with Gasteiger partial charge in [0.15, 0.2) is 0 Å². The molecule has 158 valence electrons. The number of alkyl halides is 1. The van der Waals surface area contributed by atoms with E-state index in [4.69, 9.17) is 4.74 Å². The Labute approximate surface area is 173 Å². The summed E-state index contributed by atoms with van der Waals surface area (Å²) in [4.78, 5) is 13.8. The van der Waals surface area contributed by atoms with E-state index in [0.29, 0.717) is 32.1 Å². The topological polar surface area (TPSA) is 50.4 Å². The van der Waals surface area contributed by atoms with Crippen LogP contribution in [0.5, 0.6) is 0 Å². The number of halogens is 1. The van der Waals surface area contributed by atoms with E-state index in [1.165, 1.54) is 12.0 Å². The maximum Gasteiger partial charge on any atom is 0.227 e. The number of hydrogen-bond donors (Lipinski definition) is 2. The van der Waals surface area contributed by atoms with Gasteiger partial charge < -0.3 is 15.4 Å². The average molecular weight is 401 g/mol. The average Bonchev–Trinajstić information content (AvgIpc) is 3.08. The van der Waals surface area contributed by atoms with Crippen LogP contribution in [0.2, 0.25) is 0 Å². The lowest BCUT2D eigenvalue weighted by Gasteiger charge is -2.41. The molecule has 4 aliphatic carbocycles. The zero-order valence-corrected chi connectivity index (χ0v) is 17.4. The van der Waals surface area contributed by atoms with Crippen LogP contribution in [0.4, 0.5) is 4.39 Å². The Morgan fingerprint density at radius 1 is 1.24 bits per heavy atom. The SMILES string of the molecule is CCOC[C@]12CC3CC1(C(=O)N[C@@H]1CCNC[C@@H]1F)C[C@@](c1ccccc1)(C3)C2. The van der Waals surface area contributed by atoms with Crippen LogP contribution in [-0.2, 0) is 14.9 Å². The highest BCUT2D eigenvalue weighted by Gasteiger charge is 2.74. The van der Waals surface area contributed by atoms with Crippen LogP contribution < -0.4 is 10.6 Å². The smallest absolute Gasteiger partial charge is 0.227 e. The molecule has 1 aliphatic heterocycles. The molecular weight excluding hydrogens is 367 g/mol. The van der Waals surface area contributed by atoms with Crippen molar-refractivity contribution in [3.8, 4) is 0 Å².